The number of nitrogens with one attached hydrogen (secondary N) is 1. The van der Waals surface area contributed by atoms with E-state index in [9.17, 15) is 14.4 Å². The molecule has 190 valence electrons. The Morgan fingerprint density at radius 2 is 1.76 bits per heavy atom. The molecule has 10 nitrogen and oxygen atoms in total. The summed E-state index contributed by atoms with van der Waals surface area (Å²) in [5, 5.41) is 4.33. The van der Waals surface area contributed by atoms with Gasteiger partial charge in [-0.25, -0.2) is 15.0 Å². The standard InChI is InChI=1S/C27H28N6O4/c1-5-37-25(35)21(20-15-13-18(2)14-16-20)29-30-26-28-23-22(24(34)32(4)27(36)31(23)3)33(26)17-9-12-19-10-7-6-8-11-19/h6-16H,5,17H2,1-4H3,(H,28,30)/b12-9+,29-21+. The zero-order valence-corrected chi connectivity index (χ0v) is 21.1. The van der Waals surface area contributed by atoms with Crippen molar-refractivity contribution in [2.75, 3.05) is 12.0 Å². The molecule has 0 fully saturated rings. The van der Waals surface area contributed by atoms with Crippen molar-refractivity contribution in [1.82, 2.24) is 18.7 Å². The number of nitrogens with zero attached hydrogens (tertiary/aromatic N) is 5. The smallest absolute Gasteiger partial charge is 0.359 e. The summed E-state index contributed by atoms with van der Waals surface area (Å²) in [5.74, 6) is -0.409. The molecule has 2 heterocycles. The lowest BCUT2D eigenvalue weighted by atomic mass is 10.1. The van der Waals surface area contributed by atoms with Crippen molar-refractivity contribution in [3.8, 4) is 0 Å². The van der Waals surface area contributed by atoms with E-state index in [0.29, 0.717) is 5.56 Å². The fourth-order valence-electron chi connectivity index (χ4n) is 3.81. The maximum Gasteiger partial charge on any atom is 0.359 e. The highest BCUT2D eigenvalue weighted by atomic mass is 16.5. The molecule has 10 heteroatoms. The van der Waals surface area contributed by atoms with Crippen molar-refractivity contribution in [2.45, 2.75) is 20.4 Å². The third-order valence-electron chi connectivity index (χ3n) is 5.81. The van der Waals surface area contributed by atoms with Crippen LogP contribution < -0.4 is 16.7 Å². The maximum atomic E-state index is 13.1. The monoisotopic (exact) mass is 500 g/mol. The van der Waals surface area contributed by atoms with Gasteiger partial charge in [-0.15, -0.1) is 0 Å². The van der Waals surface area contributed by atoms with Gasteiger partial charge in [-0.05, 0) is 19.4 Å². The number of hydrogen-bond acceptors (Lipinski definition) is 7. The molecule has 0 atom stereocenters. The molecule has 0 amide bonds. The van der Waals surface area contributed by atoms with Gasteiger partial charge in [0.1, 0.15) is 0 Å². The van der Waals surface area contributed by atoms with Crippen molar-refractivity contribution in [1.29, 1.82) is 0 Å². The van der Waals surface area contributed by atoms with Crippen molar-refractivity contribution in [3.05, 3.63) is 98.2 Å². The van der Waals surface area contributed by atoms with Gasteiger partial charge in [0.25, 0.3) is 5.56 Å². The summed E-state index contributed by atoms with van der Waals surface area (Å²) in [6, 6.07) is 17.0. The Kier molecular flexibility index (Phi) is 7.47. The van der Waals surface area contributed by atoms with Gasteiger partial charge in [0, 0.05) is 26.2 Å². The van der Waals surface area contributed by atoms with Gasteiger partial charge in [-0.2, -0.15) is 10.1 Å². The molecule has 0 aliphatic heterocycles. The first kappa shape index (κ1) is 25.4. The zero-order chi connectivity index (χ0) is 26.5. The fourth-order valence-corrected chi connectivity index (χ4v) is 3.81. The minimum absolute atomic E-state index is 0.0575. The van der Waals surface area contributed by atoms with Crippen LogP contribution in [0, 0.1) is 6.92 Å². The molecule has 37 heavy (non-hydrogen) atoms. The third-order valence-corrected chi connectivity index (χ3v) is 5.81. The molecule has 0 unspecified atom stereocenters. The van der Waals surface area contributed by atoms with E-state index in [0.717, 1.165) is 15.7 Å². The largest absolute Gasteiger partial charge is 0.461 e. The van der Waals surface area contributed by atoms with Gasteiger partial charge in [-0.3, -0.25) is 18.5 Å². The number of hydrazone groups is 1. The highest BCUT2D eigenvalue weighted by Crippen LogP contribution is 2.17. The van der Waals surface area contributed by atoms with Gasteiger partial charge in [-0.1, -0.05) is 72.3 Å². The molecule has 0 aliphatic carbocycles. The lowest BCUT2D eigenvalue weighted by molar-refractivity contribution is -0.134. The first-order chi connectivity index (χ1) is 17.8. The number of fused-ring (bicyclic) bond motifs is 1. The number of aromatic nitrogens is 4. The number of hydrogen-bond donors (Lipinski definition) is 1. The van der Waals surface area contributed by atoms with E-state index in [1.807, 2.05) is 61.5 Å². The predicted octanol–water partition coefficient (Wildman–Crippen LogP) is 2.83. The third kappa shape index (κ3) is 5.27. The summed E-state index contributed by atoms with van der Waals surface area (Å²) >= 11 is 0. The van der Waals surface area contributed by atoms with Crippen LogP contribution in [-0.4, -0.2) is 37.0 Å². The molecule has 0 saturated heterocycles. The minimum Gasteiger partial charge on any atom is -0.461 e. The normalized spacial score (nSPS) is 11.8. The summed E-state index contributed by atoms with van der Waals surface area (Å²) in [6.07, 6.45) is 3.80. The van der Waals surface area contributed by atoms with E-state index in [-0.39, 0.29) is 36.0 Å². The minimum atomic E-state index is -0.603. The summed E-state index contributed by atoms with van der Waals surface area (Å²) in [5.41, 5.74) is 4.93. The lowest BCUT2D eigenvalue weighted by Crippen LogP contribution is -2.37. The molecule has 0 aliphatic rings. The van der Waals surface area contributed by atoms with Gasteiger partial charge in [0.2, 0.25) is 5.95 Å². The zero-order valence-electron chi connectivity index (χ0n) is 21.1. The van der Waals surface area contributed by atoms with Gasteiger partial charge < -0.3 is 4.74 Å². The Hall–Kier alpha value is -4.73. The number of aryl methyl sites for hydroxylation is 2. The molecule has 4 rings (SSSR count). The van der Waals surface area contributed by atoms with Crippen LogP contribution in [-0.2, 0) is 30.2 Å². The Bertz CT molecular complexity index is 1610. The molecule has 0 saturated carbocycles. The Labute approximate surface area is 213 Å². The average molecular weight is 501 g/mol. The van der Waals surface area contributed by atoms with Crippen molar-refractivity contribution in [3.63, 3.8) is 0 Å². The van der Waals surface area contributed by atoms with Crippen molar-refractivity contribution >= 4 is 34.9 Å². The summed E-state index contributed by atoms with van der Waals surface area (Å²) in [6.45, 7) is 4.10. The van der Waals surface area contributed by atoms with Crippen molar-refractivity contribution < 1.29 is 9.53 Å². The number of anilines is 1. The van der Waals surface area contributed by atoms with Crippen LogP contribution in [0.2, 0.25) is 0 Å². The average Bonchev–Trinajstić information content (AvgIpc) is 3.26. The summed E-state index contributed by atoms with van der Waals surface area (Å²) in [4.78, 5) is 42.8. The molecular weight excluding hydrogens is 472 g/mol. The van der Waals surface area contributed by atoms with E-state index >= 15 is 0 Å². The summed E-state index contributed by atoms with van der Waals surface area (Å²) < 4.78 is 9.16. The second-order valence-corrected chi connectivity index (χ2v) is 8.40. The highest BCUT2D eigenvalue weighted by Gasteiger charge is 2.20. The van der Waals surface area contributed by atoms with Crippen LogP contribution in [0.1, 0.15) is 23.6 Å². The van der Waals surface area contributed by atoms with E-state index in [2.05, 4.69) is 15.5 Å². The van der Waals surface area contributed by atoms with E-state index in [4.69, 9.17) is 4.74 Å². The van der Waals surface area contributed by atoms with E-state index in [1.54, 1.807) is 30.7 Å². The molecule has 0 bridgehead atoms. The molecule has 0 spiro atoms. The van der Waals surface area contributed by atoms with Gasteiger partial charge in [0.15, 0.2) is 16.9 Å². The van der Waals surface area contributed by atoms with Crippen LogP contribution in [0.4, 0.5) is 5.95 Å². The number of benzene rings is 2. The SMILES string of the molecule is CCOC(=O)/C(=N/Nc1nc2c(c(=O)n(C)c(=O)n2C)n1C/C=C/c1ccccc1)c1ccc(C)cc1. The molecular formula is C27H28N6O4. The quantitative estimate of drug-likeness (QED) is 0.226. The van der Waals surface area contributed by atoms with E-state index in [1.165, 1.54) is 11.6 Å². The van der Waals surface area contributed by atoms with Crippen LogP contribution in [0.25, 0.3) is 17.2 Å². The molecule has 2 aromatic heterocycles. The van der Waals surface area contributed by atoms with Gasteiger partial charge in [0.05, 0.1) is 6.61 Å². The van der Waals surface area contributed by atoms with Crippen molar-refractivity contribution in [2.24, 2.45) is 19.2 Å². The second-order valence-electron chi connectivity index (χ2n) is 8.40. The Morgan fingerprint density at radius 3 is 2.43 bits per heavy atom. The maximum absolute atomic E-state index is 13.1. The van der Waals surface area contributed by atoms with E-state index < -0.39 is 17.2 Å². The molecule has 2 aromatic carbocycles. The first-order valence-corrected chi connectivity index (χ1v) is 11.8. The number of imidazole rings is 1. The Balaban J connectivity index is 1.82. The molecule has 0 radical (unpaired) electrons. The summed E-state index contributed by atoms with van der Waals surface area (Å²) in [7, 11) is 2.97. The fraction of sp³-hybridized carbons (Fsp3) is 0.222. The topological polar surface area (TPSA) is 113 Å². The second kappa shape index (κ2) is 10.9. The van der Waals surface area contributed by atoms with Crippen LogP contribution >= 0.6 is 0 Å². The lowest BCUT2D eigenvalue weighted by Gasteiger charge is -2.09. The highest BCUT2D eigenvalue weighted by molar-refractivity contribution is 6.43. The number of carbonyl (C=O) groups is 1. The number of rotatable bonds is 8. The number of allylic oxidation sites excluding steroid dienone is 1. The Morgan fingerprint density at radius 1 is 1.05 bits per heavy atom. The van der Waals surface area contributed by atoms with Crippen LogP contribution in [0.15, 0.2) is 75.4 Å². The van der Waals surface area contributed by atoms with Crippen LogP contribution in [0.3, 0.4) is 0 Å². The molecule has 4 aromatic rings. The molecule has 1 N–H and O–H groups in total. The van der Waals surface area contributed by atoms with Gasteiger partial charge >= 0.3 is 11.7 Å². The number of esters is 1. The predicted molar refractivity (Wildman–Crippen MR) is 144 cm³/mol. The number of ether oxygens (including phenoxy) is 1. The van der Waals surface area contributed by atoms with Crippen LogP contribution in [0.5, 0.6) is 0 Å². The number of carbonyl (C=O) groups excluding carboxylic acids is 1. The first-order valence-electron chi connectivity index (χ1n) is 11.8.